The lowest BCUT2D eigenvalue weighted by Gasteiger charge is -2.05. The summed E-state index contributed by atoms with van der Waals surface area (Å²) in [6, 6.07) is 11.8. The standard InChI is InChI=1S/C18H15ClN2O4S/c1-2-25-13-6-7-15-14(9-13)21(10-16(22)23)18(26-15)20-17(24)11-4-3-5-12(19)8-11/h3-9H,2,10H2,1H3,(H,22,23)/b20-18-. The fraction of sp³-hybridized carbons (Fsp3) is 0.167. The first-order valence-electron chi connectivity index (χ1n) is 7.80. The van der Waals surface area contributed by atoms with E-state index in [-0.39, 0.29) is 6.54 Å². The molecule has 0 saturated heterocycles. The van der Waals surface area contributed by atoms with Crippen molar-refractivity contribution < 1.29 is 19.4 Å². The van der Waals surface area contributed by atoms with Gasteiger partial charge in [-0.05, 0) is 37.3 Å². The van der Waals surface area contributed by atoms with Crippen LogP contribution >= 0.6 is 22.9 Å². The van der Waals surface area contributed by atoms with Gasteiger partial charge in [0.25, 0.3) is 5.91 Å². The Bertz CT molecular complexity index is 1050. The second-order valence-electron chi connectivity index (χ2n) is 5.35. The quantitative estimate of drug-likeness (QED) is 0.722. The molecule has 0 saturated carbocycles. The molecule has 1 aromatic heterocycles. The molecule has 0 spiro atoms. The molecule has 0 atom stereocenters. The molecule has 134 valence electrons. The predicted molar refractivity (Wildman–Crippen MR) is 100.0 cm³/mol. The van der Waals surface area contributed by atoms with Gasteiger partial charge in [0.05, 0.1) is 16.8 Å². The molecule has 0 bridgehead atoms. The molecule has 1 N–H and O–H groups in total. The van der Waals surface area contributed by atoms with Gasteiger partial charge >= 0.3 is 5.97 Å². The van der Waals surface area contributed by atoms with Gasteiger partial charge in [-0.2, -0.15) is 4.99 Å². The summed E-state index contributed by atoms with van der Waals surface area (Å²) in [4.78, 5) is 28.2. The van der Waals surface area contributed by atoms with Crippen LogP contribution in [0.25, 0.3) is 10.2 Å². The summed E-state index contributed by atoms with van der Waals surface area (Å²) in [6.45, 7) is 2.06. The van der Waals surface area contributed by atoms with E-state index in [0.717, 1.165) is 4.70 Å². The molecule has 3 aromatic rings. The Morgan fingerprint density at radius 2 is 2.08 bits per heavy atom. The van der Waals surface area contributed by atoms with Crippen LogP contribution in [-0.4, -0.2) is 28.2 Å². The maximum atomic E-state index is 12.4. The number of hydrogen-bond donors (Lipinski definition) is 1. The van der Waals surface area contributed by atoms with Gasteiger partial charge in [-0.1, -0.05) is 29.0 Å². The lowest BCUT2D eigenvalue weighted by molar-refractivity contribution is -0.137. The fourth-order valence-electron chi connectivity index (χ4n) is 2.45. The number of amides is 1. The molecule has 2 aromatic carbocycles. The third kappa shape index (κ3) is 3.95. The minimum Gasteiger partial charge on any atom is -0.494 e. The van der Waals surface area contributed by atoms with Crippen LogP contribution < -0.4 is 9.54 Å². The van der Waals surface area contributed by atoms with Crippen molar-refractivity contribution in [2.45, 2.75) is 13.5 Å². The molecule has 0 aliphatic heterocycles. The molecule has 26 heavy (non-hydrogen) atoms. The molecule has 6 nitrogen and oxygen atoms in total. The monoisotopic (exact) mass is 390 g/mol. The number of carboxylic acids is 1. The molecule has 0 aliphatic rings. The molecule has 0 aliphatic carbocycles. The smallest absolute Gasteiger partial charge is 0.323 e. The molecule has 0 unspecified atom stereocenters. The third-order valence-electron chi connectivity index (χ3n) is 3.53. The van der Waals surface area contributed by atoms with E-state index in [0.29, 0.717) is 33.3 Å². The van der Waals surface area contributed by atoms with Crippen molar-refractivity contribution in [1.82, 2.24) is 4.57 Å². The van der Waals surface area contributed by atoms with Crippen LogP contribution in [0.15, 0.2) is 47.5 Å². The second kappa shape index (κ2) is 7.72. The Balaban J connectivity index is 2.14. The Morgan fingerprint density at radius 1 is 1.27 bits per heavy atom. The van der Waals surface area contributed by atoms with Crippen LogP contribution in [0.2, 0.25) is 5.02 Å². The highest BCUT2D eigenvalue weighted by atomic mass is 35.5. The molecular weight excluding hydrogens is 376 g/mol. The fourth-order valence-corrected chi connectivity index (χ4v) is 3.65. The zero-order valence-corrected chi connectivity index (χ0v) is 15.4. The zero-order chi connectivity index (χ0) is 18.7. The number of nitrogens with zero attached hydrogens (tertiary/aromatic N) is 2. The summed E-state index contributed by atoms with van der Waals surface area (Å²) in [6.07, 6.45) is 0. The van der Waals surface area contributed by atoms with E-state index in [1.54, 1.807) is 30.3 Å². The van der Waals surface area contributed by atoms with E-state index in [2.05, 4.69) is 4.99 Å². The average molecular weight is 391 g/mol. The highest BCUT2D eigenvalue weighted by Gasteiger charge is 2.13. The van der Waals surface area contributed by atoms with Crippen LogP contribution in [-0.2, 0) is 11.3 Å². The van der Waals surface area contributed by atoms with Crippen LogP contribution in [0.3, 0.4) is 0 Å². The Morgan fingerprint density at radius 3 is 2.77 bits per heavy atom. The number of aromatic nitrogens is 1. The molecule has 1 amide bonds. The van der Waals surface area contributed by atoms with Crippen molar-refractivity contribution in [2.24, 2.45) is 4.99 Å². The Hall–Kier alpha value is -2.64. The first-order valence-corrected chi connectivity index (χ1v) is 9.00. The van der Waals surface area contributed by atoms with E-state index in [4.69, 9.17) is 16.3 Å². The number of thiazole rings is 1. The van der Waals surface area contributed by atoms with Gasteiger partial charge in [-0.25, -0.2) is 0 Å². The first-order chi connectivity index (χ1) is 12.5. The Labute approximate surface area is 157 Å². The van der Waals surface area contributed by atoms with Crippen LogP contribution in [0.1, 0.15) is 17.3 Å². The zero-order valence-electron chi connectivity index (χ0n) is 13.8. The van der Waals surface area contributed by atoms with E-state index < -0.39 is 11.9 Å². The van der Waals surface area contributed by atoms with Crippen molar-refractivity contribution >= 4 is 45.0 Å². The van der Waals surface area contributed by atoms with E-state index in [1.807, 2.05) is 13.0 Å². The maximum absolute atomic E-state index is 12.4. The third-order valence-corrected chi connectivity index (χ3v) is 4.82. The minimum atomic E-state index is -1.02. The minimum absolute atomic E-state index is 0.307. The number of rotatable bonds is 5. The number of hydrogen-bond acceptors (Lipinski definition) is 4. The van der Waals surface area contributed by atoms with Crippen LogP contribution in [0, 0.1) is 0 Å². The van der Waals surface area contributed by atoms with Crippen LogP contribution in [0.5, 0.6) is 5.75 Å². The number of carbonyl (C=O) groups excluding carboxylic acids is 1. The summed E-state index contributed by atoms with van der Waals surface area (Å²) >= 11 is 7.16. The summed E-state index contributed by atoms with van der Waals surface area (Å²) in [5.41, 5.74) is 0.993. The average Bonchev–Trinajstić information content (AvgIpc) is 2.91. The summed E-state index contributed by atoms with van der Waals surface area (Å²) < 4.78 is 7.78. The molecule has 1 heterocycles. The topological polar surface area (TPSA) is 80.9 Å². The van der Waals surface area contributed by atoms with Crippen molar-refractivity contribution in [3.63, 3.8) is 0 Å². The lowest BCUT2D eigenvalue weighted by Crippen LogP contribution is -2.21. The lowest BCUT2D eigenvalue weighted by atomic mass is 10.2. The van der Waals surface area contributed by atoms with E-state index in [1.165, 1.54) is 22.0 Å². The van der Waals surface area contributed by atoms with Crippen LogP contribution in [0.4, 0.5) is 0 Å². The van der Waals surface area contributed by atoms with Crippen molar-refractivity contribution in [3.8, 4) is 5.75 Å². The van der Waals surface area contributed by atoms with Gasteiger partial charge in [0.2, 0.25) is 0 Å². The molecule has 8 heteroatoms. The van der Waals surface area contributed by atoms with Gasteiger partial charge in [0, 0.05) is 16.7 Å². The molecular formula is C18H15ClN2O4S. The number of aliphatic carboxylic acids is 1. The normalized spacial score (nSPS) is 11.7. The van der Waals surface area contributed by atoms with Gasteiger partial charge in [0.15, 0.2) is 4.80 Å². The second-order valence-corrected chi connectivity index (χ2v) is 6.80. The van der Waals surface area contributed by atoms with Gasteiger partial charge in [0.1, 0.15) is 12.3 Å². The SMILES string of the molecule is CCOc1ccc2s/c(=N\C(=O)c3cccc(Cl)c3)n(CC(=O)O)c2c1. The predicted octanol–water partition coefficient (Wildman–Crippen LogP) is 3.58. The summed E-state index contributed by atoms with van der Waals surface area (Å²) in [5.74, 6) is -0.879. The first kappa shape index (κ1) is 18.2. The maximum Gasteiger partial charge on any atom is 0.323 e. The molecule has 0 radical (unpaired) electrons. The largest absolute Gasteiger partial charge is 0.494 e. The number of fused-ring (bicyclic) bond motifs is 1. The molecule has 3 rings (SSSR count). The number of ether oxygens (including phenoxy) is 1. The summed E-state index contributed by atoms with van der Waals surface area (Å²) in [5, 5.41) is 9.67. The highest BCUT2D eigenvalue weighted by Crippen LogP contribution is 2.23. The highest BCUT2D eigenvalue weighted by molar-refractivity contribution is 7.16. The Kier molecular flexibility index (Phi) is 5.39. The van der Waals surface area contributed by atoms with E-state index in [9.17, 15) is 14.7 Å². The van der Waals surface area contributed by atoms with Crippen molar-refractivity contribution in [2.75, 3.05) is 6.61 Å². The molecule has 0 fully saturated rings. The van der Waals surface area contributed by atoms with Gasteiger partial charge < -0.3 is 14.4 Å². The number of carbonyl (C=O) groups is 2. The number of carboxylic acid groups (broad SMARTS) is 1. The van der Waals surface area contributed by atoms with Gasteiger partial charge in [-0.15, -0.1) is 0 Å². The van der Waals surface area contributed by atoms with Crippen molar-refractivity contribution in [1.29, 1.82) is 0 Å². The number of benzene rings is 2. The van der Waals surface area contributed by atoms with E-state index >= 15 is 0 Å². The van der Waals surface area contributed by atoms with Crippen molar-refractivity contribution in [3.05, 3.63) is 57.9 Å². The van der Waals surface area contributed by atoms with Gasteiger partial charge in [-0.3, -0.25) is 9.59 Å². The number of halogens is 1. The summed E-state index contributed by atoms with van der Waals surface area (Å²) in [7, 11) is 0.